The van der Waals surface area contributed by atoms with Crippen molar-refractivity contribution in [3.8, 4) is 0 Å². The van der Waals surface area contributed by atoms with Crippen LogP contribution in [0.4, 0.5) is 10.1 Å². The molecule has 2 aromatic rings. The van der Waals surface area contributed by atoms with E-state index in [0.717, 1.165) is 14.8 Å². The van der Waals surface area contributed by atoms with Crippen LogP contribution < -0.4 is 5.43 Å². The van der Waals surface area contributed by atoms with Gasteiger partial charge in [-0.25, -0.2) is 4.39 Å². The lowest BCUT2D eigenvalue weighted by molar-refractivity contribution is 0.627. The van der Waals surface area contributed by atoms with Crippen LogP contribution in [-0.2, 0) is 0 Å². The molecule has 4 heteroatoms. The lowest BCUT2D eigenvalue weighted by Crippen LogP contribution is -1.92. The molecule has 2 rings (SSSR count). The molecule has 86 valence electrons. The SMILES string of the molecule is Fc1ccc(C=NNc2ccccc2)c(I)c1. The highest BCUT2D eigenvalue weighted by molar-refractivity contribution is 14.1. The van der Waals surface area contributed by atoms with Crippen molar-refractivity contribution in [1.29, 1.82) is 0 Å². The van der Waals surface area contributed by atoms with Crippen LogP contribution in [-0.4, -0.2) is 6.21 Å². The summed E-state index contributed by atoms with van der Waals surface area (Å²) < 4.78 is 13.7. The van der Waals surface area contributed by atoms with E-state index >= 15 is 0 Å². The first-order chi connectivity index (χ1) is 8.25. The predicted octanol–water partition coefficient (Wildman–Crippen LogP) is 3.88. The molecule has 2 nitrogen and oxygen atoms in total. The molecule has 0 heterocycles. The molecule has 0 aliphatic carbocycles. The zero-order valence-electron chi connectivity index (χ0n) is 8.90. The third kappa shape index (κ3) is 3.52. The van der Waals surface area contributed by atoms with E-state index in [9.17, 15) is 4.39 Å². The Labute approximate surface area is 113 Å². The molecule has 0 aromatic heterocycles. The monoisotopic (exact) mass is 340 g/mol. The van der Waals surface area contributed by atoms with Crippen LogP contribution in [0.1, 0.15) is 5.56 Å². The summed E-state index contributed by atoms with van der Waals surface area (Å²) in [6, 6.07) is 14.3. The second kappa shape index (κ2) is 5.77. The molecule has 0 saturated carbocycles. The minimum Gasteiger partial charge on any atom is -0.279 e. The van der Waals surface area contributed by atoms with Gasteiger partial charge >= 0.3 is 0 Å². The Morgan fingerprint density at radius 1 is 1.12 bits per heavy atom. The number of halogens is 2. The van der Waals surface area contributed by atoms with Crippen molar-refractivity contribution in [2.75, 3.05) is 5.43 Å². The molecule has 0 radical (unpaired) electrons. The number of rotatable bonds is 3. The summed E-state index contributed by atoms with van der Waals surface area (Å²) in [4.78, 5) is 0. The molecule has 0 amide bonds. The van der Waals surface area contributed by atoms with Crippen LogP contribution in [0.25, 0.3) is 0 Å². The number of nitrogens with zero attached hydrogens (tertiary/aromatic N) is 1. The summed E-state index contributed by atoms with van der Waals surface area (Å²) >= 11 is 2.08. The number of hydrogen-bond donors (Lipinski definition) is 1. The summed E-state index contributed by atoms with van der Waals surface area (Å²) in [5.74, 6) is -0.234. The molecule has 0 saturated heterocycles. The van der Waals surface area contributed by atoms with Crippen molar-refractivity contribution >= 4 is 34.5 Å². The fourth-order valence-corrected chi connectivity index (χ4v) is 1.91. The summed E-state index contributed by atoms with van der Waals surface area (Å²) in [6.07, 6.45) is 1.67. The Kier molecular flexibility index (Phi) is 4.08. The Bertz CT molecular complexity index is 526. The van der Waals surface area contributed by atoms with Crippen molar-refractivity contribution in [3.63, 3.8) is 0 Å². The molecule has 0 aliphatic heterocycles. The highest BCUT2D eigenvalue weighted by Gasteiger charge is 1.97. The highest BCUT2D eigenvalue weighted by Crippen LogP contribution is 2.12. The summed E-state index contributed by atoms with van der Waals surface area (Å²) in [5, 5.41) is 4.10. The minimum absolute atomic E-state index is 0.234. The third-order valence-corrected chi connectivity index (χ3v) is 3.07. The van der Waals surface area contributed by atoms with Gasteiger partial charge in [-0.2, -0.15) is 5.10 Å². The lowest BCUT2D eigenvalue weighted by atomic mass is 10.2. The largest absolute Gasteiger partial charge is 0.279 e. The van der Waals surface area contributed by atoms with Gasteiger partial charge in [0.05, 0.1) is 11.9 Å². The Morgan fingerprint density at radius 3 is 2.59 bits per heavy atom. The number of nitrogens with one attached hydrogen (secondary N) is 1. The molecule has 0 fully saturated rings. The fraction of sp³-hybridized carbons (Fsp3) is 0. The fourth-order valence-electron chi connectivity index (χ4n) is 1.30. The van der Waals surface area contributed by atoms with Crippen LogP contribution in [0.2, 0.25) is 0 Å². The average molecular weight is 340 g/mol. The van der Waals surface area contributed by atoms with E-state index in [2.05, 4.69) is 33.1 Å². The normalized spacial score (nSPS) is 10.7. The van der Waals surface area contributed by atoms with E-state index in [-0.39, 0.29) is 5.82 Å². The van der Waals surface area contributed by atoms with Crippen LogP contribution in [0, 0.1) is 9.39 Å². The number of anilines is 1. The first-order valence-corrected chi connectivity index (χ1v) is 6.13. The molecule has 1 N–H and O–H groups in total. The number of para-hydroxylation sites is 1. The van der Waals surface area contributed by atoms with E-state index < -0.39 is 0 Å². The topological polar surface area (TPSA) is 24.4 Å². The Morgan fingerprint density at radius 2 is 1.88 bits per heavy atom. The van der Waals surface area contributed by atoms with Gasteiger partial charge in [0.2, 0.25) is 0 Å². The van der Waals surface area contributed by atoms with Crippen LogP contribution in [0.5, 0.6) is 0 Å². The second-order valence-electron chi connectivity index (χ2n) is 3.40. The van der Waals surface area contributed by atoms with Gasteiger partial charge in [-0.3, -0.25) is 5.43 Å². The maximum Gasteiger partial charge on any atom is 0.124 e. The maximum atomic E-state index is 12.9. The van der Waals surface area contributed by atoms with Gasteiger partial charge in [-0.1, -0.05) is 18.2 Å². The zero-order valence-corrected chi connectivity index (χ0v) is 11.1. The van der Waals surface area contributed by atoms with Gasteiger partial charge in [-0.15, -0.1) is 0 Å². The molecular formula is C13H10FIN2. The van der Waals surface area contributed by atoms with E-state index in [1.165, 1.54) is 12.1 Å². The van der Waals surface area contributed by atoms with Crippen molar-refractivity contribution in [2.45, 2.75) is 0 Å². The number of benzene rings is 2. The Balaban J connectivity index is 2.06. The standard InChI is InChI=1S/C13H10FIN2/c14-11-7-6-10(13(15)8-11)9-16-17-12-4-2-1-3-5-12/h1-9,17H. The van der Waals surface area contributed by atoms with Crippen LogP contribution >= 0.6 is 22.6 Å². The molecule has 0 spiro atoms. The predicted molar refractivity (Wildman–Crippen MR) is 76.8 cm³/mol. The molecule has 17 heavy (non-hydrogen) atoms. The van der Waals surface area contributed by atoms with Gasteiger partial charge in [-0.05, 0) is 52.9 Å². The first-order valence-electron chi connectivity index (χ1n) is 5.05. The Hall–Kier alpha value is -1.43. The van der Waals surface area contributed by atoms with Crippen LogP contribution in [0.3, 0.4) is 0 Å². The van der Waals surface area contributed by atoms with Crippen molar-refractivity contribution in [3.05, 3.63) is 63.5 Å². The van der Waals surface area contributed by atoms with Crippen LogP contribution in [0.15, 0.2) is 53.6 Å². The summed E-state index contributed by atoms with van der Waals surface area (Å²) in [5.41, 5.74) is 4.71. The molecular weight excluding hydrogens is 330 g/mol. The quantitative estimate of drug-likeness (QED) is 0.512. The average Bonchev–Trinajstić information content (AvgIpc) is 2.33. The maximum absolute atomic E-state index is 12.9. The molecule has 0 unspecified atom stereocenters. The van der Waals surface area contributed by atoms with E-state index in [1.807, 2.05) is 30.3 Å². The van der Waals surface area contributed by atoms with Crippen molar-refractivity contribution in [2.24, 2.45) is 5.10 Å². The molecule has 0 atom stereocenters. The van der Waals surface area contributed by atoms with E-state index in [4.69, 9.17) is 0 Å². The van der Waals surface area contributed by atoms with Crippen molar-refractivity contribution in [1.82, 2.24) is 0 Å². The van der Waals surface area contributed by atoms with E-state index in [0.29, 0.717) is 0 Å². The smallest absolute Gasteiger partial charge is 0.124 e. The molecule has 0 bridgehead atoms. The van der Waals surface area contributed by atoms with Gasteiger partial charge in [0.1, 0.15) is 5.82 Å². The van der Waals surface area contributed by atoms with Gasteiger partial charge in [0.25, 0.3) is 0 Å². The molecule has 2 aromatic carbocycles. The first kappa shape index (κ1) is 12.0. The van der Waals surface area contributed by atoms with Gasteiger partial charge < -0.3 is 0 Å². The van der Waals surface area contributed by atoms with Gasteiger partial charge in [0, 0.05) is 9.13 Å². The number of hydrazone groups is 1. The zero-order chi connectivity index (χ0) is 12.1. The minimum atomic E-state index is -0.234. The molecule has 0 aliphatic rings. The van der Waals surface area contributed by atoms with Crippen molar-refractivity contribution < 1.29 is 4.39 Å². The third-order valence-electron chi connectivity index (χ3n) is 2.13. The second-order valence-corrected chi connectivity index (χ2v) is 4.56. The summed E-state index contributed by atoms with van der Waals surface area (Å²) in [6.45, 7) is 0. The lowest BCUT2D eigenvalue weighted by Gasteiger charge is -2.00. The van der Waals surface area contributed by atoms with Gasteiger partial charge in [0.15, 0.2) is 0 Å². The highest BCUT2D eigenvalue weighted by atomic mass is 127. The number of hydrogen-bond acceptors (Lipinski definition) is 2. The summed E-state index contributed by atoms with van der Waals surface area (Å²) in [7, 11) is 0. The van der Waals surface area contributed by atoms with E-state index in [1.54, 1.807) is 12.3 Å².